The van der Waals surface area contributed by atoms with Gasteiger partial charge in [-0.1, -0.05) is 25.5 Å². The Morgan fingerprint density at radius 1 is 1.58 bits per heavy atom. The van der Waals surface area contributed by atoms with Crippen LogP contribution >= 0.6 is 0 Å². The van der Waals surface area contributed by atoms with Gasteiger partial charge >= 0.3 is 7.12 Å². The Morgan fingerprint density at radius 3 is 3.05 bits per heavy atom. The smallest absolute Gasteiger partial charge is 0.494 e. The number of benzene rings is 1. The molecule has 1 aromatic carbocycles. The summed E-state index contributed by atoms with van der Waals surface area (Å²) in [5.41, 5.74) is 1.16. The van der Waals surface area contributed by atoms with Crippen LogP contribution in [0.15, 0.2) is 18.2 Å². The van der Waals surface area contributed by atoms with Crippen molar-refractivity contribution in [2.75, 3.05) is 13.2 Å². The van der Waals surface area contributed by atoms with Crippen LogP contribution in [0.3, 0.4) is 0 Å². The third-order valence-electron chi connectivity index (χ3n) is 3.06. The first-order valence-corrected chi connectivity index (χ1v) is 6.34. The highest BCUT2D eigenvalue weighted by Gasteiger charge is 2.40. The predicted molar refractivity (Wildman–Crippen MR) is 70.1 cm³/mol. The molecule has 0 bridgehead atoms. The van der Waals surface area contributed by atoms with Gasteiger partial charge in [-0.3, -0.25) is 10.1 Å². The molecule has 1 aromatic rings. The summed E-state index contributed by atoms with van der Waals surface area (Å²) in [4.78, 5) is 10.1. The number of rotatable bonds is 6. The Kier molecular flexibility index (Phi) is 4.39. The topological polar surface area (TPSA) is 81.8 Å². The molecular formula is C12H16BNO5. The van der Waals surface area contributed by atoms with Crippen LogP contribution in [0.5, 0.6) is 5.75 Å². The third kappa shape index (κ3) is 3.05. The Hall–Kier alpha value is -1.60. The van der Waals surface area contributed by atoms with Crippen LogP contribution in [0.25, 0.3) is 0 Å². The van der Waals surface area contributed by atoms with E-state index in [0.29, 0.717) is 23.4 Å². The average molecular weight is 265 g/mol. The van der Waals surface area contributed by atoms with Gasteiger partial charge in [0.1, 0.15) is 11.9 Å². The van der Waals surface area contributed by atoms with Crippen molar-refractivity contribution in [3.8, 4) is 5.75 Å². The molecule has 0 aromatic heterocycles. The highest BCUT2D eigenvalue weighted by atomic mass is 16.6. The standard InChI is InChI=1S/C12H16BNO5/c1-2-3-7-18-10-6-4-5-9-11(8-14(16)17)19-13(15)12(9)10/h4-6,11,15H,2-3,7-8H2,1H3/t11-/m0/s1. The molecule has 0 fully saturated rings. The van der Waals surface area contributed by atoms with E-state index in [2.05, 4.69) is 6.92 Å². The molecule has 0 amide bonds. The van der Waals surface area contributed by atoms with E-state index >= 15 is 0 Å². The fraction of sp³-hybridized carbons (Fsp3) is 0.500. The van der Waals surface area contributed by atoms with Crippen molar-refractivity contribution in [3.63, 3.8) is 0 Å². The fourth-order valence-electron chi connectivity index (χ4n) is 2.13. The molecule has 19 heavy (non-hydrogen) atoms. The number of nitrogens with zero attached hydrogens (tertiary/aromatic N) is 1. The largest absolute Gasteiger partial charge is 0.496 e. The van der Waals surface area contributed by atoms with Crippen LogP contribution in [-0.2, 0) is 4.65 Å². The van der Waals surface area contributed by atoms with Gasteiger partial charge in [0, 0.05) is 10.4 Å². The maximum Gasteiger partial charge on any atom is 0.496 e. The summed E-state index contributed by atoms with van der Waals surface area (Å²) in [6.45, 7) is 2.26. The molecule has 0 spiro atoms. The molecule has 1 N–H and O–H groups in total. The van der Waals surface area contributed by atoms with E-state index in [1.807, 2.05) is 0 Å². The van der Waals surface area contributed by atoms with E-state index in [9.17, 15) is 15.1 Å². The second-order valence-corrected chi connectivity index (χ2v) is 4.45. The van der Waals surface area contributed by atoms with Crippen molar-refractivity contribution in [2.45, 2.75) is 25.9 Å². The SMILES string of the molecule is CCCCOc1cccc2c1B(O)O[C@H]2C[N+](=O)[O-]. The van der Waals surface area contributed by atoms with E-state index in [0.717, 1.165) is 12.8 Å². The lowest BCUT2D eigenvalue weighted by atomic mass is 9.78. The Balaban J connectivity index is 2.20. The van der Waals surface area contributed by atoms with E-state index in [1.54, 1.807) is 18.2 Å². The minimum Gasteiger partial charge on any atom is -0.494 e. The number of ether oxygens (including phenoxy) is 1. The van der Waals surface area contributed by atoms with Crippen molar-refractivity contribution in [1.82, 2.24) is 0 Å². The maximum absolute atomic E-state index is 10.6. The molecular weight excluding hydrogens is 249 g/mol. The Labute approximate surface area is 111 Å². The average Bonchev–Trinajstić information content (AvgIpc) is 2.67. The zero-order chi connectivity index (χ0) is 13.8. The van der Waals surface area contributed by atoms with Crippen LogP contribution in [0.4, 0.5) is 0 Å². The number of fused-ring (bicyclic) bond motifs is 1. The molecule has 1 atom stereocenters. The highest BCUT2D eigenvalue weighted by molar-refractivity contribution is 6.62. The van der Waals surface area contributed by atoms with Gasteiger partial charge in [0.05, 0.1) is 6.61 Å². The fourth-order valence-corrected chi connectivity index (χ4v) is 2.13. The van der Waals surface area contributed by atoms with Crippen molar-refractivity contribution < 1.29 is 19.3 Å². The van der Waals surface area contributed by atoms with Gasteiger partial charge in [-0.2, -0.15) is 0 Å². The van der Waals surface area contributed by atoms with Crippen molar-refractivity contribution in [3.05, 3.63) is 33.9 Å². The monoisotopic (exact) mass is 265 g/mol. The van der Waals surface area contributed by atoms with Gasteiger partial charge in [0.25, 0.3) is 0 Å². The first-order valence-electron chi connectivity index (χ1n) is 6.34. The van der Waals surface area contributed by atoms with Gasteiger partial charge in [-0.25, -0.2) is 0 Å². The number of hydrogen-bond acceptors (Lipinski definition) is 5. The Morgan fingerprint density at radius 2 is 2.37 bits per heavy atom. The van der Waals surface area contributed by atoms with Gasteiger partial charge < -0.3 is 14.4 Å². The summed E-state index contributed by atoms with van der Waals surface area (Å²) < 4.78 is 10.8. The molecule has 1 aliphatic rings. The summed E-state index contributed by atoms with van der Waals surface area (Å²) in [6.07, 6.45) is 1.21. The van der Waals surface area contributed by atoms with Crippen molar-refractivity contribution in [2.24, 2.45) is 0 Å². The van der Waals surface area contributed by atoms with Gasteiger partial charge in [0.15, 0.2) is 0 Å². The molecule has 0 aliphatic carbocycles. The van der Waals surface area contributed by atoms with Crippen molar-refractivity contribution in [1.29, 1.82) is 0 Å². The lowest BCUT2D eigenvalue weighted by Gasteiger charge is -2.10. The minimum atomic E-state index is -1.15. The van der Waals surface area contributed by atoms with Gasteiger partial charge in [0.2, 0.25) is 6.54 Å². The lowest BCUT2D eigenvalue weighted by molar-refractivity contribution is -0.490. The predicted octanol–water partition coefficient (Wildman–Crippen LogP) is 0.901. The molecule has 7 heteroatoms. The third-order valence-corrected chi connectivity index (χ3v) is 3.06. The second kappa shape index (κ2) is 6.03. The van der Waals surface area contributed by atoms with E-state index in [4.69, 9.17) is 9.39 Å². The summed E-state index contributed by atoms with van der Waals surface area (Å²) >= 11 is 0. The molecule has 0 saturated heterocycles. The molecule has 2 rings (SSSR count). The summed E-state index contributed by atoms with van der Waals surface area (Å²) in [5, 5.41) is 20.5. The summed E-state index contributed by atoms with van der Waals surface area (Å²) in [5.74, 6) is 0.546. The number of hydrogen-bond donors (Lipinski definition) is 1. The van der Waals surface area contributed by atoms with Gasteiger partial charge in [-0.05, 0) is 18.1 Å². The highest BCUT2D eigenvalue weighted by Crippen LogP contribution is 2.27. The first-order chi connectivity index (χ1) is 9.13. The first kappa shape index (κ1) is 13.8. The van der Waals surface area contributed by atoms with E-state index in [-0.39, 0.29) is 6.54 Å². The molecule has 102 valence electrons. The zero-order valence-electron chi connectivity index (χ0n) is 10.7. The summed E-state index contributed by atoms with van der Waals surface area (Å²) in [7, 11) is -1.15. The van der Waals surface area contributed by atoms with Crippen molar-refractivity contribution >= 4 is 12.6 Å². The quantitative estimate of drug-likeness (QED) is 0.357. The second-order valence-electron chi connectivity index (χ2n) is 4.45. The zero-order valence-corrected chi connectivity index (χ0v) is 10.7. The van der Waals surface area contributed by atoms with E-state index < -0.39 is 18.1 Å². The van der Waals surface area contributed by atoms with Crippen LogP contribution < -0.4 is 10.2 Å². The Bertz CT molecular complexity index is 467. The van der Waals surface area contributed by atoms with Crippen LogP contribution in [-0.4, -0.2) is 30.2 Å². The van der Waals surface area contributed by atoms with Crippen LogP contribution in [0, 0.1) is 10.1 Å². The molecule has 1 aliphatic heterocycles. The maximum atomic E-state index is 10.6. The van der Waals surface area contributed by atoms with E-state index in [1.165, 1.54) is 0 Å². The molecule has 0 unspecified atom stereocenters. The van der Waals surface area contributed by atoms with Gasteiger partial charge in [-0.15, -0.1) is 0 Å². The summed E-state index contributed by atoms with van der Waals surface area (Å²) in [6, 6.07) is 5.23. The molecule has 0 radical (unpaired) electrons. The number of nitro groups is 1. The number of unbranched alkanes of at least 4 members (excludes halogenated alkanes) is 1. The molecule has 6 nitrogen and oxygen atoms in total. The lowest BCUT2D eigenvalue weighted by Crippen LogP contribution is -2.30. The molecule has 1 heterocycles. The van der Waals surface area contributed by atoms with Crippen LogP contribution in [0.1, 0.15) is 31.4 Å². The minimum absolute atomic E-state index is 0.359. The van der Waals surface area contributed by atoms with Crippen LogP contribution in [0.2, 0.25) is 0 Å². The normalized spacial score (nSPS) is 17.4. The molecule has 0 saturated carbocycles.